The van der Waals surface area contributed by atoms with Gasteiger partial charge in [-0.3, -0.25) is 9.59 Å². The Labute approximate surface area is 113 Å². The third-order valence-electron chi connectivity index (χ3n) is 4.38. The van der Waals surface area contributed by atoms with Gasteiger partial charge in [-0.25, -0.2) is 0 Å². The molecule has 19 heavy (non-hydrogen) atoms. The summed E-state index contributed by atoms with van der Waals surface area (Å²) in [6.45, 7) is 4.52. The van der Waals surface area contributed by atoms with Gasteiger partial charge in [0.2, 0.25) is 5.91 Å². The van der Waals surface area contributed by atoms with E-state index in [1.165, 1.54) is 0 Å². The molecule has 1 fully saturated rings. The van der Waals surface area contributed by atoms with Crippen molar-refractivity contribution in [3.05, 3.63) is 12.2 Å². The Morgan fingerprint density at radius 2 is 1.95 bits per heavy atom. The third-order valence-corrected chi connectivity index (χ3v) is 4.38. The van der Waals surface area contributed by atoms with Gasteiger partial charge in [-0.05, 0) is 33.1 Å². The highest BCUT2D eigenvalue weighted by atomic mass is 16.5. The molecule has 0 aromatic carbocycles. The van der Waals surface area contributed by atoms with Gasteiger partial charge >= 0.3 is 5.97 Å². The molecular weight excluding hydrogens is 246 g/mol. The zero-order chi connectivity index (χ0) is 14.0. The van der Waals surface area contributed by atoms with Crippen LogP contribution in [0.3, 0.4) is 0 Å². The zero-order valence-electron chi connectivity index (χ0n) is 11.4. The van der Waals surface area contributed by atoms with Crippen molar-refractivity contribution in [2.45, 2.75) is 44.8 Å². The van der Waals surface area contributed by atoms with Crippen LogP contribution in [-0.2, 0) is 14.3 Å². The number of carboxylic acid groups (broad SMARTS) is 1. The molecule has 2 aliphatic rings. The van der Waals surface area contributed by atoms with Crippen LogP contribution in [0.15, 0.2) is 12.2 Å². The fourth-order valence-corrected chi connectivity index (χ4v) is 2.75. The minimum atomic E-state index is -0.898. The Hall–Kier alpha value is -1.36. The Bertz CT molecular complexity index is 406. The van der Waals surface area contributed by atoms with Crippen LogP contribution in [0.2, 0.25) is 0 Å². The van der Waals surface area contributed by atoms with Crippen molar-refractivity contribution in [2.24, 2.45) is 11.8 Å². The number of hydrogen-bond acceptors (Lipinski definition) is 3. The summed E-state index contributed by atoms with van der Waals surface area (Å²) in [5, 5.41) is 12.2. The first-order valence-electron chi connectivity index (χ1n) is 6.75. The van der Waals surface area contributed by atoms with E-state index in [9.17, 15) is 14.7 Å². The van der Waals surface area contributed by atoms with Crippen molar-refractivity contribution < 1.29 is 19.4 Å². The summed E-state index contributed by atoms with van der Waals surface area (Å²) in [4.78, 5) is 23.6. The number of hydrogen-bond donors (Lipinski definition) is 2. The van der Waals surface area contributed by atoms with E-state index in [0.29, 0.717) is 19.4 Å². The number of carbonyl (C=O) groups excluding carboxylic acids is 1. The van der Waals surface area contributed by atoms with Gasteiger partial charge in [0, 0.05) is 6.61 Å². The highest BCUT2D eigenvalue weighted by molar-refractivity contribution is 5.85. The molecule has 1 amide bonds. The van der Waals surface area contributed by atoms with Crippen LogP contribution in [0.25, 0.3) is 0 Å². The summed E-state index contributed by atoms with van der Waals surface area (Å²) in [5.41, 5.74) is -0.388. The predicted octanol–water partition coefficient (Wildman–Crippen LogP) is 1.34. The van der Waals surface area contributed by atoms with E-state index in [1.807, 2.05) is 26.0 Å². The van der Waals surface area contributed by atoms with Gasteiger partial charge in [0.25, 0.3) is 0 Å². The van der Waals surface area contributed by atoms with Crippen molar-refractivity contribution >= 4 is 11.9 Å². The van der Waals surface area contributed by atoms with Gasteiger partial charge in [-0.1, -0.05) is 12.2 Å². The Kier molecular flexibility index (Phi) is 3.94. The Morgan fingerprint density at radius 1 is 1.32 bits per heavy atom. The Balaban J connectivity index is 2.06. The number of ether oxygens (including phenoxy) is 1. The second-order valence-electron chi connectivity index (χ2n) is 5.66. The van der Waals surface area contributed by atoms with Crippen LogP contribution in [0, 0.1) is 11.8 Å². The maximum atomic E-state index is 12.4. The summed E-state index contributed by atoms with van der Waals surface area (Å²) in [5.74, 6) is -2.17. The quantitative estimate of drug-likeness (QED) is 0.757. The molecule has 0 aromatic heterocycles. The fourth-order valence-electron chi connectivity index (χ4n) is 2.75. The number of nitrogens with one attached hydrogen (secondary N) is 1. The standard InChI is InChI=1S/C14H21NO4/c1-9-14(2,7-8-19-9)15-12(16)10-5-3-4-6-11(10)13(17)18/h3-4,9-11H,5-8H2,1-2H3,(H,15,16)(H,17,18)/t9?,10-,11+,14?/m1/s1. The van der Waals surface area contributed by atoms with Crippen molar-refractivity contribution in [3.63, 3.8) is 0 Å². The highest BCUT2D eigenvalue weighted by Gasteiger charge is 2.42. The van der Waals surface area contributed by atoms with E-state index in [-0.39, 0.29) is 17.6 Å². The number of rotatable bonds is 3. The molecule has 1 saturated heterocycles. The third kappa shape index (κ3) is 2.81. The largest absolute Gasteiger partial charge is 0.481 e. The summed E-state index contributed by atoms with van der Waals surface area (Å²) < 4.78 is 5.49. The lowest BCUT2D eigenvalue weighted by Gasteiger charge is -2.33. The van der Waals surface area contributed by atoms with Gasteiger partial charge in [-0.2, -0.15) is 0 Å². The number of carboxylic acids is 1. The average molecular weight is 267 g/mol. The van der Waals surface area contributed by atoms with Crippen molar-refractivity contribution in [3.8, 4) is 0 Å². The van der Waals surface area contributed by atoms with Gasteiger partial charge in [0.05, 0.1) is 23.5 Å². The number of allylic oxidation sites excluding steroid dienone is 2. The minimum Gasteiger partial charge on any atom is -0.481 e. The van der Waals surface area contributed by atoms with E-state index < -0.39 is 17.8 Å². The monoisotopic (exact) mass is 267 g/mol. The maximum absolute atomic E-state index is 12.4. The number of carbonyl (C=O) groups is 2. The molecule has 0 aromatic rings. The second kappa shape index (κ2) is 5.33. The maximum Gasteiger partial charge on any atom is 0.307 e. The second-order valence-corrected chi connectivity index (χ2v) is 5.66. The lowest BCUT2D eigenvalue weighted by molar-refractivity contribution is -0.147. The van der Waals surface area contributed by atoms with Gasteiger partial charge in [0.1, 0.15) is 0 Å². The van der Waals surface area contributed by atoms with Crippen LogP contribution in [0.5, 0.6) is 0 Å². The minimum absolute atomic E-state index is 0.0427. The summed E-state index contributed by atoms with van der Waals surface area (Å²) >= 11 is 0. The summed E-state index contributed by atoms with van der Waals surface area (Å²) in [6.07, 6.45) is 5.37. The normalized spacial score (nSPS) is 38.1. The number of aliphatic carboxylic acids is 1. The van der Waals surface area contributed by atoms with Crippen LogP contribution in [0.1, 0.15) is 33.1 Å². The molecular formula is C14H21NO4. The molecule has 4 atom stereocenters. The molecule has 0 saturated carbocycles. The molecule has 106 valence electrons. The zero-order valence-corrected chi connectivity index (χ0v) is 11.4. The summed E-state index contributed by atoms with van der Waals surface area (Å²) in [6, 6.07) is 0. The van der Waals surface area contributed by atoms with Crippen molar-refractivity contribution in [1.82, 2.24) is 5.32 Å². The molecule has 2 unspecified atom stereocenters. The highest BCUT2D eigenvalue weighted by Crippen LogP contribution is 2.29. The molecule has 5 nitrogen and oxygen atoms in total. The Morgan fingerprint density at radius 3 is 2.47 bits per heavy atom. The van der Waals surface area contributed by atoms with Crippen LogP contribution in [-0.4, -0.2) is 35.2 Å². The predicted molar refractivity (Wildman–Crippen MR) is 69.6 cm³/mol. The van der Waals surface area contributed by atoms with E-state index >= 15 is 0 Å². The van der Waals surface area contributed by atoms with Gasteiger partial charge in [0.15, 0.2) is 0 Å². The lowest BCUT2D eigenvalue weighted by Crippen LogP contribution is -2.53. The molecule has 0 spiro atoms. The fraction of sp³-hybridized carbons (Fsp3) is 0.714. The van der Waals surface area contributed by atoms with E-state index in [1.54, 1.807) is 0 Å². The average Bonchev–Trinajstić information content (AvgIpc) is 2.69. The van der Waals surface area contributed by atoms with Crippen LogP contribution >= 0.6 is 0 Å². The molecule has 1 aliphatic heterocycles. The summed E-state index contributed by atoms with van der Waals surface area (Å²) in [7, 11) is 0. The van der Waals surface area contributed by atoms with Crippen LogP contribution in [0.4, 0.5) is 0 Å². The lowest BCUT2D eigenvalue weighted by atomic mass is 9.81. The molecule has 2 N–H and O–H groups in total. The molecule has 5 heteroatoms. The number of amides is 1. The molecule has 0 radical (unpaired) electrons. The topological polar surface area (TPSA) is 75.6 Å². The van der Waals surface area contributed by atoms with Gasteiger partial charge < -0.3 is 15.2 Å². The first kappa shape index (κ1) is 14.1. The SMILES string of the molecule is CC1OCCC1(C)NC(=O)[C@@H]1CC=CC[C@@H]1C(=O)O. The molecule has 0 bridgehead atoms. The first-order valence-corrected chi connectivity index (χ1v) is 6.75. The van der Waals surface area contributed by atoms with E-state index in [2.05, 4.69) is 5.32 Å². The van der Waals surface area contributed by atoms with Crippen molar-refractivity contribution in [1.29, 1.82) is 0 Å². The molecule has 1 aliphatic carbocycles. The first-order chi connectivity index (χ1) is 8.94. The smallest absolute Gasteiger partial charge is 0.307 e. The molecule has 2 rings (SSSR count). The van der Waals surface area contributed by atoms with Gasteiger partial charge in [-0.15, -0.1) is 0 Å². The van der Waals surface area contributed by atoms with E-state index in [0.717, 1.165) is 6.42 Å². The van der Waals surface area contributed by atoms with Crippen LogP contribution < -0.4 is 5.32 Å². The van der Waals surface area contributed by atoms with E-state index in [4.69, 9.17) is 4.74 Å². The van der Waals surface area contributed by atoms with Crippen molar-refractivity contribution in [2.75, 3.05) is 6.61 Å². The molecule has 1 heterocycles.